The predicted molar refractivity (Wildman–Crippen MR) is 68.0 cm³/mol. The molecule has 0 radical (unpaired) electrons. The Morgan fingerprint density at radius 3 is 2.67 bits per heavy atom. The molecule has 0 saturated heterocycles. The lowest BCUT2D eigenvalue weighted by atomic mass is 10.3. The van der Waals surface area contributed by atoms with E-state index in [4.69, 9.17) is 0 Å². The number of hydrogen-bond donors (Lipinski definition) is 2. The summed E-state index contributed by atoms with van der Waals surface area (Å²) in [4.78, 5) is 2.30. The lowest BCUT2D eigenvalue weighted by Gasteiger charge is -2.13. The molecule has 0 spiro atoms. The van der Waals surface area contributed by atoms with Crippen molar-refractivity contribution in [2.75, 3.05) is 40.3 Å². The Hall–Kier alpha value is -0.800. The molecule has 0 rings (SSSR count). The van der Waals surface area contributed by atoms with Crippen molar-refractivity contribution in [2.24, 2.45) is 0 Å². The van der Waals surface area contributed by atoms with Crippen LogP contribution in [0.5, 0.6) is 0 Å². The summed E-state index contributed by atoms with van der Waals surface area (Å²) in [5, 5.41) is 6.34. The topological polar surface area (TPSA) is 27.3 Å². The maximum Gasteiger partial charge on any atom is 0.0135 e. The first-order chi connectivity index (χ1) is 7.31. The largest absolute Gasteiger partial charge is 0.394 e. The summed E-state index contributed by atoms with van der Waals surface area (Å²) in [5.74, 6) is 0. The van der Waals surface area contributed by atoms with Crippen molar-refractivity contribution in [1.82, 2.24) is 15.5 Å². The molecule has 0 saturated carbocycles. The molecule has 0 heterocycles. The minimum Gasteiger partial charge on any atom is -0.394 e. The quantitative estimate of drug-likeness (QED) is 0.443. The molecule has 3 heteroatoms. The lowest BCUT2D eigenvalue weighted by Crippen LogP contribution is -2.29. The molecule has 0 aromatic heterocycles. The Balaban J connectivity index is 3.19. The van der Waals surface area contributed by atoms with E-state index in [1.807, 2.05) is 13.2 Å². The number of nitrogens with zero attached hydrogens (tertiary/aromatic N) is 1. The molecule has 0 unspecified atom stereocenters. The van der Waals surface area contributed by atoms with E-state index >= 15 is 0 Å². The molecule has 0 aliphatic rings. The zero-order valence-electron chi connectivity index (χ0n) is 10.3. The van der Waals surface area contributed by atoms with Gasteiger partial charge in [-0.15, -0.1) is 0 Å². The van der Waals surface area contributed by atoms with Gasteiger partial charge in [0.05, 0.1) is 0 Å². The van der Waals surface area contributed by atoms with Crippen molar-refractivity contribution in [3.63, 3.8) is 0 Å². The van der Waals surface area contributed by atoms with Crippen LogP contribution in [0, 0.1) is 0 Å². The van der Waals surface area contributed by atoms with Crippen LogP contribution in [0.25, 0.3) is 0 Å². The fourth-order valence-electron chi connectivity index (χ4n) is 1.06. The molecule has 0 amide bonds. The van der Waals surface area contributed by atoms with E-state index in [1.54, 1.807) is 0 Å². The molecular formula is C12H25N3. The van der Waals surface area contributed by atoms with Crippen molar-refractivity contribution < 1.29 is 0 Å². The summed E-state index contributed by atoms with van der Waals surface area (Å²) in [6.07, 6.45) is 9.39. The van der Waals surface area contributed by atoms with Crippen LogP contribution < -0.4 is 10.6 Å². The highest BCUT2D eigenvalue weighted by Gasteiger charge is 1.90. The first-order valence-corrected chi connectivity index (χ1v) is 5.67. The second kappa shape index (κ2) is 11.3. The average Bonchev–Trinajstić information content (AvgIpc) is 2.26. The van der Waals surface area contributed by atoms with Crippen molar-refractivity contribution in [2.45, 2.75) is 13.3 Å². The first-order valence-electron chi connectivity index (χ1n) is 5.67. The lowest BCUT2D eigenvalue weighted by molar-refractivity contribution is 0.352. The molecule has 0 bridgehead atoms. The van der Waals surface area contributed by atoms with Crippen molar-refractivity contribution in [3.8, 4) is 0 Å². The molecule has 0 aromatic rings. The van der Waals surface area contributed by atoms with Gasteiger partial charge in [-0.2, -0.15) is 0 Å². The van der Waals surface area contributed by atoms with E-state index in [2.05, 4.69) is 47.7 Å². The van der Waals surface area contributed by atoms with E-state index in [0.717, 1.165) is 32.6 Å². The molecule has 0 aliphatic carbocycles. The molecule has 88 valence electrons. The molecule has 0 aliphatic heterocycles. The van der Waals surface area contributed by atoms with E-state index in [9.17, 15) is 0 Å². The van der Waals surface area contributed by atoms with Crippen molar-refractivity contribution in [3.05, 3.63) is 24.4 Å². The van der Waals surface area contributed by atoms with Gasteiger partial charge in [0, 0.05) is 26.7 Å². The number of likely N-dealkylation sites (N-methyl/N-ethyl adjacent to an activating group) is 1. The van der Waals surface area contributed by atoms with Gasteiger partial charge in [-0.3, -0.25) is 0 Å². The highest BCUT2D eigenvalue weighted by atomic mass is 15.1. The van der Waals surface area contributed by atoms with Crippen LogP contribution in [0.3, 0.4) is 0 Å². The van der Waals surface area contributed by atoms with Gasteiger partial charge in [0.25, 0.3) is 0 Å². The van der Waals surface area contributed by atoms with Crippen LogP contribution in [0.15, 0.2) is 24.4 Å². The van der Waals surface area contributed by atoms with Gasteiger partial charge in [-0.1, -0.05) is 25.2 Å². The highest BCUT2D eigenvalue weighted by molar-refractivity contribution is 4.92. The van der Waals surface area contributed by atoms with E-state index in [-0.39, 0.29) is 0 Å². The van der Waals surface area contributed by atoms with Gasteiger partial charge in [0.1, 0.15) is 0 Å². The standard InChI is InChI=1S/C12H25N3/c1-4-15(3)12-11-14-10-8-6-5-7-9-13-2/h6-9,13-14H,4-5,10-12H2,1-3H3/b8-6-,9-7-. The van der Waals surface area contributed by atoms with Crippen LogP contribution in [0.4, 0.5) is 0 Å². The predicted octanol–water partition coefficient (Wildman–Crippen LogP) is 1.21. The number of hydrogen-bond acceptors (Lipinski definition) is 3. The molecule has 0 atom stereocenters. The Labute approximate surface area is 94.2 Å². The molecule has 3 nitrogen and oxygen atoms in total. The molecule has 15 heavy (non-hydrogen) atoms. The van der Waals surface area contributed by atoms with Gasteiger partial charge in [-0.25, -0.2) is 0 Å². The fraction of sp³-hybridized carbons (Fsp3) is 0.667. The van der Waals surface area contributed by atoms with Gasteiger partial charge in [0.15, 0.2) is 0 Å². The van der Waals surface area contributed by atoms with Gasteiger partial charge in [0.2, 0.25) is 0 Å². The second-order valence-electron chi connectivity index (χ2n) is 3.50. The Morgan fingerprint density at radius 1 is 1.20 bits per heavy atom. The van der Waals surface area contributed by atoms with Crippen LogP contribution in [0.2, 0.25) is 0 Å². The third kappa shape index (κ3) is 11.1. The minimum absolute atomic E-state index is 0.963. The van der Waals surface area contributed by atoms with Crippen molar-refractivity contribution in [1.29, 1.82) is 0 Å². The van der Waals surface area contributed by atoms with Crippen LogP contribution >= 0.6 is 0 Å². The van der Waals surface area contributed by atoms with Crippen molar-refractivity contribution >= 4 is 0 Å². The third-order valence-electron chi connectivity index (χ3n) is 2.20. The zero-order chi connectivity index (χ0) is 11.4. The summed E-state index contributed by atoms with van der Waals surface area (Å²) in [7, 11) is 4.05. The normalized spacial score (nSPS) is 12.0. The fourth-order valence-corrected chi connectivity index (χ4v) is 1.06. The van der Waals surface area contributed by atoms with E-state index < -0.39 is 0 Å². The average molecular weight is 211 g/mol. The Bertz CT molecular complexity index is 176. The van der Waals surface area contributed by atoms with Crippen LogP contribution in [-0.4, -0.2) is 45.2 Å². The summed E-state index contributed by atoms with van der Waals surface area (Å²) in [5.41, 5.74) is 0. The number of allylic oxidation sites excluding steroid dienone is 2. The van der Waals surface area contributed by atoms with Crippen LogP contribution in [0.1, 0.15) is 13.3 Å². The first kappa shape index (κ1) is 14.2. The molecule has 0 fully saturated rings. The third-order valence-corrected chi connectivity index (χ3v) is 2.20. The SMILES string of the molecule is CCN(C)CCNC/C=C\C/C=C\NC. The smallest absolute Gasteiger partial charge is 0.0135 e. The highest BCUT2D eigenvalue weighted by Crippen LogP contribution is 1.83. The van der Waals surface area contributed by atoms with Crippen LogP contribution in [-0.2, 0) is 0 Å². The van der Waals surface area contributed by atoms with Gasteiger partial charge < -0.3 is 15.5 Å². The maximum absolute atomic E-state index is 3.37. The van der Waals surface area contributed by atoms with Gasteiger partial charge in [-0.05, 0) is 26.2 Å². The summed E-state index contributed by atoms with van der Waals surface area (Å²) in [6.45, 7) is 6.43. The number of rotatable bonds is 9. The monoisotopic (exact) mass is 211 g/mol. The minimum atomic E-state index is 0.963. The summed E-state index contributed by atoms with van der Waals surface area (Å²) < 4.78 is 0. The molecule has 0 aromatic carbocycles. The number of nitrogens with one attached hydrogen (secondary N) is 2. The molecular weight excluding hydrogens is 186 g/mol. The van der Waals surface area contributed by atoms with E-state index in [0.29, 0.717) is 0 Å². The Kier molecular flexibility index (Phi) is 10.7. The molecule has 2 N–H and O–H groups in total. The van der Waals surface area contributed by atoms with E-state index in [1.165, 1.54) is 0 Å². The maximum atomic E-state index is 3.37. The second-order valence-corrected chi connectivity index (χ2v) is 3.50. The zero-order valence-corrected chi connectivity index (χ0v) is 10.3. The van der Waals surface area contributed by atoms with Gasteiger partial charge >= 0.3 is 0 Å². The Morgan fingerprint density at radius 2 is 2.00 bits per heavy atom. The summed E-state index contributed by atoms with van der Waals surface area (Å²) in [6, 6.07) is 0. The summed E-state index contributed by atoms with van der Waals surface area (Å²) >= 11 is 0.